The third kappa shape index (κ3) is 2.71. The lowest BCUT2D eigenvalue weighted by molar-refractivity contribution is -0.125. The van der Waals surface area contributed by atoms with Crippen molar-refractivity contribution >= 4 is 11.7 Å². The number of rotatable bonds is 2. The molecule has 0 aromatic heterocycles. The lowest BCUT2D eigenvalue weighted by Crippen LogP contribution is -2.55. The van der Waals surface area contributed by atoms with Crippen LogP contribution in [0.15, 0.2) is 29.4 Å². The van der Waals surface area contributed by atoms with Crippen LogP contribution in [-0.4, -0.2) is 41.9 Å². The Bertz CT molecular complexity index is 431. The Labute approximate surface area is 114 Å². The highest BCUT2D eigenvalue weighted by molar-refractivity contribution is 5.98. The van der Waals surface area contributed by atoms with Crippen LogP contribution >= 0.6 is 0 Å². The van der Waals surface area contributed by atoms with Crippen molar-refractivity contribution in [3.05, 3.63) is 24.4 Å². The smallest absolute Gasteiger partial charge is 0.241 e. The first-order chi connectivity index (χ1) is 9.09. The summed E-state index contributed by atoms with van der Waals surface area (Å²) >= 11 is 0. The largest absolute Gasteiger partial charge is 0.356 e. The van der Waals surface area contributed by atoms with Gasteiger partial charge in [0.1, 0.15) is 11.4 Å². The van der Waals surface area contributed by atoms with E-state index in [-0.39, 0.29) is 11.4 Å². The highest BCUT2D eigenvalue weighted by atomic mass is 16.2. The van der Waals surface area contributed by atoms with Gasteiger partial charge in [0.25, 0.3) is 0 Å². The lowest BCUT2D eigenvalue weighted by Gasteiger charge is -2.38. The minimum atomic E-state index is -0.364. The maximum Gasteiger partial charge on any atom is 0.241 e. The van der Waals surface area contributed by atoms with Crippen molar-refractivity contribution in [3.63, 3.8) is 0 Å². The molecule has 0 saturated carbocycles. The maximum atomic E-state index is 11.9. The number of aliphatic imine (C=N–C) groups is 1. The lowest BCUT2D eigenvalue weighted by atomic mass is 9.87. The molecule has 0 atom stereocenters. The molecule has 104 valence electrons. The van der Waals surface area contributed by atoms with Gasteiger partial charge in [0, 0.05) is 19.3 Å². The Hall–Kier alpha value is -1.62. The van der Waals surface area contributed by atoms with Crippen molar-refractivity contribution in [2.45, 2.75) is 32.2 Å². The predicted octanol–water partition coefficient (Wildman–Crippen LogP) is 1.01. The topological polar surface area (TPSA) is 56.7 Å². The molecule has 0 radical (unpaired) electrons. The molecule has 2 aliphatic rings. The van der Waals surface area contributed by atoms with E-state index in [1.165, 1.54) is 0 Å². The van der Waals surface area contributed by atoms with E-state index in [0.29, 0.717) is 6.67 Å². The molecule has 0 aliphatic carbocycles. The van der Waals surface area contributed by atoms with E-state index in [1.54, 1.807) is 6.20 Å². The van der Waals surface area contributed by atoms with Crippen molar-refractivity contribution in [2.24, 2.45) is 4.99 Å². The summed E-state index contributed by atoms with van der Waals surface area (Å²) in [6.45, 7) is 10.1. The van der Waals surface area contributed by atoms with Crippen LogP contribution in [0.5, 0.6) is 0 Å². The molecule has 0 aromatic carbocycles. The van der Waals surface area contributed by atoms with Crippen LogP contribution in [0.3, 0.4) is 0 Å². The third-order valence-corrected chi connectivity index (χ3v) is 3.75. The second kappa shape index (κ2) is 5.57. The summed E-state index contributed by atoms with van der Waals surface area (Å²) < 4.78 is 0. The molecule has 0 bridgehead atoms. The summed E-state index contributed by atoms with van der Waals surface area (Å²) in [6.07, 6.45) is 5.30. The molecular weight excluding hydrogens is 240 g/mol. The first-order valence-electron chi connectivity index (χ1n) is 6.72. The Balaban J connectivity index is 2.06. The molecular formula is C14H22N4O. The summed E-state index contributed by atoms with van der Waals surface area (Å²) in [5, 5.41) is 6.14. The van der Waals surface area contributed by atoms with E-state index in [9.17, 15) is 4.79 Å². The van der Waals surface area contributed by atoms with Crippen molar-refractivity contribution in [1.82, 2.24) is 15.5 Å². The average molecular weight is 262 g/mol. The molecule has 5 nitrogen and oxygen atoms in total. The van der Waals surface area contributed by atoms with Crippen molar-refractivity contribution < 1.29 is 4.79 Å². The van der Waals surface area contributed by atoms with Gasteiger partial charge >= 0.3 is 0 Å². The van der Waals surface area contributed by atoms with Gasteiger partial charge < -0.3 is 10.2 Å². The first-order valence-corrected chi connectivity index (χ1v) is 6.72. The molecule has 2 rings (SSSR count). The number of likely N-dealkylation sites (tertiary alicyclic amines) is 1. The molecule has 1 amide bonds. The number of hydrogen-bond donors (Lipinski definition) is 2. The van der Waals surface area contributed by atoms with Gasteiger partial charge in [-0.2, -0.15) is 0 Å². The monoisotopic (exact) mass is 262 g/mol. The summed E-state index contributed by atoms with van der Waals surface area (Å²) in [6, 6.07) is 0. The van der Waals surface area contributed by atoms with E-state index in [4.69, 9.17) is 0 Å². The Morgan fingerprint density at radius 1 is 1.47 bits per heavy atom. The van der Waals surface area contributed by atoms with Gasteiger partial charge in [-0.25, -0.2) is 4.99 Å². The fourth-order valence-corrected chi connectivity index (χ4v) is 2.65. The first kappa shape index (κ1) is 13.8. The van der Waals surface area contributed by atoms with E-state index >= 15 is 0 Å². The van der Waals surface area contributed by atoms with E-state index in [1.807, 2.05) is 19.9 Å². The zero-order valence-corrected chi connectivity index (χ0v) is 11.7. The fraction of sp³-hybridized carbons (Fsp3) is 0.571. The second-order valence-corrected chi connectivity index (χ2v) is 5.14. The third-order valence-electron chi connectivity index (χ3n) is 3.75. The van der Waals surface area contributed by atoms with Crippen molar-refractivity contribution in [3.8, 4) is 0 Å². The minimum absolute atomic E-state index is 0.134. The molecule has 0 aromatic rings. The normalized spacial score (nSPS) is 23.2. The van der Waals surface area contributed by atoms with Crippen LogP contribution in [0.2, 0.25) is 0 Å². The summed E-state index contributed by atoms with van der Waals surface area (Å²) in [4.78, 5) is 18.5. The number of nitrogens with one attached hydrogen (secondary N) is 2. The Morgan fingerprint density at radius 2 is 2.16 bits per heavy atom. The van der Waals surface area contributed by atoms with Gasteiger partial charge in [0.15, 0.2) is 0 Å². The van der Waals surface area contributed by atoms with Crippen LogP contribution in [0.25, 0.3) is 0 Å². The van der Waals surface area contributed by atoms with E-state index in [2.05, 4.69) is 27.1 Å². The van der Waals surface area contributed by atoms with Crippen LogP contribution in [0.1, 0.15) is 26.7 Å². The molecule has 19 heavy (non-hydrogen) atoms. The molecule has 2 N–H and O–H groups in total. The van der Waals surface area contributed by atoms with Gasteiger partial charge in [-0.3, -0.25) is 10.1 Å². The zero-order chi connectivity index (χ0) is 13.9. The molecule has 2 saturated heterocycles. The highest BCUT2D eigenvalue weighted by Crippen LogP contribution is 2.25. The zero-order valence-electron chi connectivity index (χ0n) is 11.7. The molecule has 5 heteroatoms. The summed E-state index contributed by atoms with van der Waals surface area (Å²) in [5.74, 6) is 1.06. The molecule has 2 aliphatic heterocycles. The quantitative estimate of drug-likeness (QED) is 0.577. The number of nitrogens with zero attached hydrogens (tertiary/aromatic N) is 2. The predicted molar refractivity (Wildman–Crippen MR) is 76.7 cm³/mol. The van der Waals surface area contributed by atoms with Crippen LogP contribution < -0.4 is 10.6 Å². The minimum Gasteiger partial charge on any atom is -0.356 e. The number of amidine groups is 1. The van der Waals surface area contributed by atoms with Crippen LogP contribution in [-0.2, 0) is 4.79 Å². The van der Waals surface area contributed by atoms with Crippen LogP contribution in [0, 0.1) is 0 Å². The maximum absolute atomic E-state index is 11.9. The second-order valence-electron chi connectivity index (χ2n) is 5.14. The number of piperidine rings is 1. The average Bonchev–Trinajstić information content (AvgIpc) is 2.73. The Kier molecular flexibility index (Phi) is 4.04. The highest BCUT2D eigenvalue weighted by Gasteiger charge is 2.44. The number of allylic oxidation sites excluding steroid dienone is 1. The van der Waals surface area contributed by atoms with Gasteiger partial charge in [-0.1, -0.05) is 12.7 Å². The molecule has 2 fully saturated rings. The Morgan fingerprint density at radius 3 is 2.63 bits per heavy atom. The molecule has 1 spiro atoms. The van der Waals surface area contributed by atoms with Gasteiger partial charge in [0.05, 0.1) is 6.67 Å². The van der Waals surface area contributed by atoms with Crippen molar-refractivity contribution in [2.75, 3.05) is 19.8 Å². The summed E-state index contributed by atoms with van der Waals surface area (Å²) in [5.41, 5.74) is 0.593. The van der Waals surface area contributed by atoms with Gasteiger partial charge in [-0.05, 0) is 32.3 Å². The van der Waals surface area contributed by atoms with E-state index in [0.717, 1.165) is 37.3 Å². The van der Waals surface area contributed by atoms with Gasteiger partial charge in [-0.15, -0.1) is 0 Å². The SMILES string of the molecule is C=C(C)C(=N/C=C\C)N1CCC2(CC1)NCNC2=O. The number of carbonyl (C=O) groups excluding carboxylic acids is 1. The number of carbonyl (C=O) groups is 1. The molecule has 2 heterocycles. The van der Waals surface area contributed by atoms with Crippen molar-refractivity contribution in [1.29, 1.82) is 0 Å². The fourth-order valence-electron chi connectivity index (χ4n) is 2.65. The van der Waals surface area contributed by atoms with Crippen LogP contribution in [0.4, 0.5) is 0 Å². The van der Waals surface area contributed by atoms with Gasteiger partial charge in [0.2, 0.25) is 5.91 Å². The number of hydrogen-bond acceptors (Lipinski definition) is 3. The van der Waals surface area contributed by atoms with E-state index < -0.39 is 0 Å². The standard InChI is InChI=1S/C14H22N4O/c1-4-7-15-12(11(2)3)18-8-5-14(6-9-18)13(19)16-10-17-14/h4,7,17H,2,5-6,8-10H2,1,3H3,(H,16,19)/b7-4-,15-12?. The number of amides is 1. The molecule has 0 unspecified atom stereocenters. The summed E-state index contributed by atoms with van der Waals surface area (Å²) in [7, 11) is 0.